The Balaban J connectivity index is 2.96. The van der Waals surface area contributed by atoms with E-state index in [1.165, 1.54) is 12.1 Å². The molecule has 1 aromatic rings. The smallest absolute Gasteiger partial charge is 0.241 e. The number of amides is 1. The molecule has 0 heterocycles. The first-order valence-electron chi connectivity index (χ1n) is 4.13. The number of carbonyl (C=O) groups excluding carboxylic acids is 1. The Bertz CT molecular complexity index is 393. The van der Waals surface area contributed by atoms with Crippen LogP contribution in [0.1, 0.15) is 6.92 Å². The zero-order valence-electron chi connectivity index (χ0n) is 7.85. The van der Waals surface area contributed by atoms with Crippen LogP contribution in [0.4, 0.5) is 5.69 Å². The minimum Gasteiger partial charge on any atom is -0.323 e. The van der Waals surface area contributed by atoms with Gasteiger partial charge in [-0.2, -0.15) is 0 Å². The predicted octanol–water partition coefficient (Wildman–Crippen LogP) is 2.93. The van der Waals surface area contributed by atoms with Crippen molar-refractivity contribution >= 4 is 46.4 Å². The Kier molecular flexibility index (Phi) is 4.22. The van der Waals surface area contributed by atoms with Gasteiger partial charge < -0.3 is 11.1 Å². The second-order valence-electron chi connectivity index (χ2n) is 3.02. The molecular weight excluding hydrogens is 258 g/mol. The molecule has 6 heteroatoms. The number of hydrogen-bond acceptors (Lipinski definition) is 2. The fourth-order valence-corrected chi connectivity index (χ4v) is 1.46. The average molecular weight is 268 g/mol. The third-order valence-electron chi connectivity index (χ3n) is 1.68. The monoisotopic (exact) mass is 266 g/mol. The first-order chi connectivity index (χ1) is 6.91. The van der Waals surface area contributed by atoms with Crippen LogP contribution in [0.25, 0.3) is 0 Å². The molecule has 1 aromatic carbocycles. The molecule has 3 nitrogen and oxygen atoms in total. The van der Waals surface area contributed by atoms with Crippen LogP contribution in [0, 0.1) is 0 Å². The second-order valence-corrected chi connectivity index (χ2v) is 4.25. The van der Waals surface area contributed by atoms with E-state index in [4.69, 9.17) is 40.5 Å². The maximum Gasteiger partial charge on any atom is 0.241 e. The van der Waals surface area contributed by atoms with Gasteiger partial charge in [-0.1, -0.05) is 34.8 Å². The molecule has 0 saturated heterocycles. The topological polar surface area (TPSA) is 55.1 Å². The van der Waals surface area contributed by atoms with E-state index in [0.29, 0.717) is 20.8 Å². The molecule has 1 amide bonds. The van der Waals surface area contributed by atoms with Crippen LogP contribution in [-0.2, 0) is 4.79 Å². The molecule has 0 fully saturated rings. The zero-order chi connectivity index (χ0) is 11.6. The van der Waals surface area contributed by atoms with Gasteiger partial charge in [0.2, 0.25) is 5.91 Å². The normalized spacial score (nSPS) is 12.3. The average Bonchev–Trinajstić information content (AvgIpc) is 2.13. The van der Waals surface area contributed by atoms with Crippen LogP contribution in [-0.4, -0.2) is 11.9 Å². The van der Waals surface area contributed by atoms with E-state index in [-0.39, 0.29) is 5.91 Å². The lowest BCUT2D eigenvalue weighted by atomic mass is 10.3. The zero-order valence-corrected chi connectivity index (χ0v) is 10.1. The van der Waals surface area contributed by atoms with Crippen LogP contribution in [0.2, 0.25) is 15.1 Å². The van der Waals surface area contributed by atoms with Crippen LogP contribution < -0.4 is 11.1 Å². The minimum atomic E-state index is -0.615. The van der Waals surface area contributed by atoms with Crippen molar-refractivity contribution in [2.45, 2.75) is 13.0 Å². The Morgan fingerprint density at radius 1 is 1.27 bits per heavy atom. The summed E-state index contributed by atoms with van der Waals surface area (Å²) in [6.45, 7) is 1.57. The lowest BCUT2D eigenvalue weighted by Crippen LogP contribution is -2.32. The molecule has 0 aliphatic heterocycles. The molecule has 0 saturated carbocycles. The number of halogens is 3. The molecule has 3 N–H and O–H groups in total. The molecule has 0 bridgehead atoms. The maximum absolute atomic E-state index is 11.3. The van der Waals surface area contributed by atoms with Crippen LogP contribution in [0.5, 0.6) is 0 Å². The van der Waals surface area contributed by atoms with E-state index in [1.807, 2.05) is 0 Å². The van der Waals surface area contributed by atoms with Crippen molar-refractivity contribution in [3.05, 3.63) is 27.2 Å². The Labute approximate surface area is 102 Å². The Morgan fingerprint density at radius 2 is 1.80 bits per heavy atom. The number of benzene rings is 1. The number of anilines is 1. The van der Waals surface area contributed by atoms with Gasteiger partial charge in [0.15, 0.2) is 0 Å². The van der Waals surface area contributed by atoms with E-state index in [9.17, 15) is 4.79 Å². The van der Waals surface area contributed by atoms with Crippen molar-refractivity contribution in [1.29, 1.82) is 0 Å². The van der Waals surface area contributed by atoms with Crippen molar-refractivity contribution in [2.24, 2.45) is 5.73 Å². The molecule has 82 valence electrons. The first kappa shape index (κ1) is 12.6. The van der Waals surface area contributed by atoms with Crippen molar-refractivity contribution < 1.29 is 4.79 Å². The van der Waals surface area contributed by atoms with Gasteiger partial charge in [-0.25, -0.2) is 0 Å². The summed E-state index contributed by atoms with van der Waals surface area (Å²) >= 11 is 17.4. The summed E-state index contributed by atoms with van der Waals surface area (Å²) in [5, 5.41) is 3.51. The predicted molar refractivity (Wildman–Crippen MR) is 63.8 cm³/mol. The highest BCUT2D eigenvalue weighted by molar-refractivity contribution is 6.44. The molecule has 0 aliphatic carbocycles. The number of hydrogen-bond donors (Lipinski definition) is 2. The summed E-state index contributed by atoms with van der Waals surface area (Å²) in [5.41, 5.74) is 5.78. The van der Waals surface area contributed by atoms with Crippen LogP contribution in [0.3, 0.4) is 0 Å². The molecular formula is C9H9Cl3N2O. The molecule has 0 radical (unpaired) electrons. The van der Waals surface area contributed by atoms with Crippen molar-refractivity contribution in [2.75, 3.05) is 5.32 Å². The van der Waals surface area contributed by atoms with Gasteiger partial charge in [-0.05, 0) is 19.1 Å². The maximum atomic E-state index is 11.3. The molecule has 0 spiro atoms. The van der Waals surface area contributed by atoms with E-state index in [1.54, 1.807) is 6.92 Å². The van der Waals surface area contributed by atoms with E-state index < -0.39 is 6.04 Å². The van der Waals surface area contributed by atoms with Gasteiger partial charge in [0.1, 0.15) is 0 Å². The summed E-state index contributed by atoms with van der Waals surface area (Å²) in [5.74, 6) is -0.338. The molecule has 15 heavy (non-hydrogen) atoms. The Hall–Kier alpha value is -0.480. The molecule has 0 unspecified atom stereocenters. The fourth-order valence-electron chi connectivity index (χ4n) is 0.865. The van der Waals surface area contributed by atoms with Gasteiger partial charge in [0.25, 0.3) is 0 Å². The number of carbonyl (C=O) groups is 1. The quantitative estimate of drug-likeness (QED) is 0.810. The van der Waals surface area contributed by atoms with Gasteiger partial charge in [0.05, 0.1) is 26.8 Å². The summed E-state index contributed by atoms with van der Waals surface area (Å²) in [7, 11) is 0. The van der Waals surface area contributed by atoms with Gasteiger partial charge in [0, 0.05) is 0 Å². The number of nitrogens with two attached hydrogens (primary N) is 1. The third-order valence-corrected chi connectivity index (χ3v) is 2.72. The first-order valence-corrected chi connectivity index (χ1v) is 5.26. The summed E-state index contributed by atoms with van der Waals surface area (Å²) in [6.07, 6.45) is 0. The lowest BCUT2D eigenvalue weighted by Gasteiger charge is -2.10. The van der Waals surface area contributed by atoms with E-state index in [2.05, 4.69) is 5.32 Å². The second kappa shape index (κ2) is 5.03. The summed E-state index contributed by atoms with van der Waals surface area (Å²) in [4.78, 5) is 11.3. The minimum absolute atomic E-state index is 0.318. The van der Waals surface area contributed by atoms with Gasteiger partial charge >= 0.3 is 0 Å². The number of nitrogens with one attached hydrogen (secondary N) is 1. The fraction of sp³-hybridized carbons (Fsp3) is 0.222. The molecule has 0 aliphatic rings. The SMILES string of the molecule is C[C@H](N)C(=O)Nc1cc(Cl)c(Cl)cc1Cl. The highest BCUT2D eigenvalue weighted by atomic mass is 35.5. The molecule has 0 aromatic heterocycles. The third kappa shape index (κ3) is 3.24. The Morgan fingerprint density at radius 3 is 2.33 bits per heavy atom. The summed E-state index contributed by atoms with van der Waals surface area (Å²) in [6, 6.07) is 2.32. The van der Waals surface area contributed by atoms with Crippen LogP contribution >= 0.6 is 34.8 Å². The van der Waals surface area contributed by atoms with Gasteiger partial charge in [-0.3, -0.25) is 4.79 Å². The highest BCUT2D eigenvalue weighted by Crippen LogP contribution is 2.32. The molecule has 1 atom stereocenters. The van der Waals surface area contributed by atoms with Gasteiger partial charge in [-0.15, -0.1) is 0 Å². The lowest BCUT2D eigenvalue weighted by molar-refractivity contribution is -0.117. The molecule has 1 rings (SSSR count). The van der Waals surface area contributed by atoms with E-state index in [0.717, 1.165) is 0 Å². The standard InChI is InChI=1S/C9H9Cl3N2O/c1-4(13)9(15)14-8-3-6(11)5(10)2-7(8)12/h2-4H,13H2,1H3,(H,14,15)/t4-/m0/s1. The van der Waals surface area contributed by atoms with Crippen molar-refractivity contribution in [1.82, 2.24) is 0 Å². The van der Waals surface area contributed by atoms with Crippen molar-refractivity contribution in [3.8, 4) is 0 Å². The summed E-state index contributed by atoms with van der Waals surface area (Å²) < 4.78 is 0. The van der Waals surface area contributed by atoms with E-state index >= 15 is 0 Å². The van der Waals surface area contributed by atoms with Crippen molar-refractivity contribution in [3.63, 3.8) is 0 Å². The highest BCUT2D eigenvalue weighted by Gasteiger charge is 2.11. The van der Waals surface area contributed by atoms with Crippen LogP contribution in [0.15, 0.2) is 12.1 Å². The largest absolute Gasteiger partial charge is 0.323 e. The number of rotatable bonds is 2.